The third kappa shape index (κ3) is 3.72. The third-order valence-corrected chi connectivity index (χ3v) is 6.06. The lowest BCUT2D eigenvalue weighted by Gasteiger charge is -2.10. The van der Waals surface area contributed by atoms with Gasteiger partial charge in [0.25, 0.3) is 10.0 Å². The number of hydrogen-bond donors (Lipinski definition) is 2. The molecule has 0 aliphatic carbocycles. The lowest BCUT2D eigenvalue weighted by molar-refractivity contribution is 0.603. The van der Waals surface area contributed by atoms with Crippen molar-refractivity contribution in [3.05, 3.63) is 59.0 Å². The monoisotopic (exact) mass is 360 g/mol. The number of hydrogen-bond acceptors (Lipinski definition) is 6. The molecule has 1 aromatic carbocycles. The van der Waals surface area contributed by atoms with Crippen molar-refractivity contribution in [2.24, 2.45) is 0 Å². The van der Waals surface area contributed by atoms with Gasteiger partial charge >= 0.3 is 0 Å². The van der Waals surface area contributed by atoms with E-state index in [4.69, 9.17) is 0 Å². The average molecular weight is 360 g/mol. The summed E-state index contributed by atoms with van der Waals surface area (Å²) < 4.78 is 26.9. The molecular formula is C16H16N4O2S2. The largest absolute Gasteiger partial charge is 0.339 e. The minimum atomic E-state index is -3.61. The van der Waals surface area contributed by atoms with Gasteiger partial charge in [-0.1, -0.05) is 23.8 Å². The Hall–Kier alpha value is -2.45. The normalized spacial score (nSPS) is 11.2. The summed E-state index contributed by atoms with van der Waals surface area (Å²) in [6.07, 6.45) is 0. The minimum absolute atomic E-state index is 0.176. The van der Waals surface area contributed by atoms with Crippen LogP contribution in [0.15, 0.2) is 52.1 Å². The molecule has 0 unspecified atom stereocenters. The van der Waals surface area contributed by atoms with Crippen molar-refractivity contribution in [2.45, 2.75) is 18.1 Å². The molecule has 3 aromatic rings. The molecule has 0 radical (unpaired) electrons. The predicted octanol–water partition coefficient (Wildman–Crippen LogP) is 3.70. The Morgan fingerprint density at radius 3 is 2.38 bits per heavy atom. The second-order valence-electron chi connectivity index (χ2n) is 5.28. The highest BCUT2D eigenvalue weighted by molar-refractivity contribution is 7.94. The Morgan fingerprint density at radius 2 is 1.75 bits per heavy atom. The Labute approximate surface area is 144 Å². The fraction of sp³-hybridized carbons (Fsp3) is 0.125. The fourth-order valence-electron chi connectivity index (χ4n) is 2.15. The zero-order valence-corrected chi connectivity index (χ0v) is 14.8. The summed E-state index contributed by atoms with van der Waals surface area (Å²) in [7, 11) is -3.61. The lowest BCUT2D eigenvalue weighted by Crippen LogP contribution is -2.13. The van der Waals surface area contributed by atoms with E-state index in [1.54, 1.807) is 23.6 Å². The van der Waals surface area contributed by atoms with Crippen LogP contribution in [0.2, 0.25) is 0 Å². The maximum absolute atomic E-state index is 12.1. The molecule has 0 aliphatic heterocycles. The number of sulfonamides is 1. The molecule has 0 aliphatic rings. The van der Waals surface area contributed by atoms with Gasteiger partial charge in [0.15, 0.2) is 11.6 Å². The first kappa shape index (κ1) is 16.4. The number of anilines is 3. The molecule has 2 heterocycles. The molecule has 0 atom stereocenters. The van der Waals surface area contributed by atoms with Crippen molar-refractivity contribution in [1.82, 2.24) is 10.2 Å². The zero-order valence-electron chi connectivity index (χ0n) is 13.1. The first-order valence-electron chi connectivity index (χ1n) is 7.18. The summed E-state index contributed by atoms with van der Waals surface area (Å²) in [6, 6.07) is 12.5. The quantitative estimate of drug-likeness (QED) is 0.725. The van der Waals surface area contributed by atoms with Crippen LogP contribution in [0.25, 0.3) is 0 Å². The van der Waals surface area contributed by atoms with Crippen LogP contribution >= 0.6 is 11.3 Å². The van der Waals surface area contributed by atoms with Crippen LogP contribution in [-0.4, -0.2) is 18.6 Å². The number of aromatic nitrogens is 2. The molecule has 124 valence electrons. The first-order chi connectivity index (χ1) is 11.4. The molecule has 0 amide bonds. The highest BCUT2D eigenvalue weighted by Crippen LogP contribution is 2.22. The molecule has 8 heteroatoms. The molecule has 24 heavy (non-hydrogen) atoms. The van der Waals surface area contributed by atoms with Crippen molar-refractivity contribution < 1.29 is 8.42 Å². The van der Waals surface area contributed by atoms with Gasteiger partial charge < -0.3 is 5.32 Å². The highest BCUT2D eigenvalue weighted by atomic mass is 32.2. The van der Waals surface area contributed by atoms with E-state index in [1.165, 1.54) is 11.6 Å². The molecule has 0 saturated heterocycles. The molecule has 0 spiro atoms. The molecule has 0 bridgehead atoms. The summed E-state index contributed by atoms with van der Waals surface area (Å²) in [5.74, 6) is 0.718. The Bertz CT molecular complexity index is 937. The van der Waals surface area contributed by atoms with Gasteiger partial charge in [-0.2, -0.15) is 0 Å². The van der Waals surface area contributed by atoms with Gasteiger partial charge in [0.05, 0.1) is 0 Å². The number of rotatable bonds is 5. The van der Waals surface area contributed by atoms with Crippen molar-refractivity contribution in [3.63, 3.8) is 0 Å². The molecule has 3 rings (SSSR count). The fourth-order valence-corrected chi connectivity index (χ4v) is 4.14. The smallest absolute Gasteiger partial charge is 0.272 e. The van der Waals surface area contributed by atoms with Crippen molar-refractivity contribution in [3.8, 4) is 0 Å². The van der Waals surface area contributed by atoms with Crippen molar-refractivity contribution >= 4 is 38.7 Å². The average Bonchev–Trinajstić information content (AvgIpc) is 3.07. The van der Waals surface area contributed by atoms with Gasteiger partial charge in [-0.15, -0.1) is 21.5 Å². The van der Waals surface area contributed by atoms with E-state index >= 15 is 0 Å². The van der Waals surface area contributed by atoms with E-state index < -0.39 is 10.0 Å². The molecule has 0 fully saturated rings. The van der Waals surface area contributed by atoms with Gasteiger partial charge in [-0.05, 0) is 49.1 Å². The maximum atomic E-state index is 12.1. The van der Waals surface area contributed by atoms with Gasteiger partial charge in [-0.3, -0.25) is 4.72 Å². The molecule has 2 aromatic heterocycles. The summed E-state index contributed by atoms with van der Waals surface area (Å²) in [6.45, 7) is 4.04. The topological polar surface area (TPSA) is 84.0 Å². The number of nitrogens with one attached hydrogen (secondary N) is 2. The number of aryl methyl sites for hydroxylation is 2. The van der Waals surface area contributed by atoms with Crippen molar-refractivity contribution in [2.75, 3.05) is 10.0 Å². The van der Waals surface area contributed by atoms with E-state index in [0.717, 1.165) is 22.6 Å². The zero-order chi connectivity index (χ0) is 17.2. The molecule has 6 nitrogen and oxygen atoms in total. The molecule has 2 N–H and O–H groups in total. The Morgan fingerprint density at radius 1 is 1.00 bits per heavy atom. The summed E-state index contributed by atoms with van der Waals surface area (Å²) in [5, 5.41) is 12.8. The number of thiophene rings is 1. The van der Waals surface area contributed by atoms with Crippen molar-refractivity contribution in [1.29, 1.82) is 0 Å². The summed E-state index contributed by atoms with van der Waals surface area (Å²) >= 11 is 1.15. The Kier molecular flexibility index (Phi) is 4.50. The summed E-state index contributed by atoms with van der Waals surface area (Å²) in [5.41, 5.74) is 3.21. The number of benzene rings is 1. The Balaban J connectivity index is 1.74. The number of nitrogens with zero attached hydrogens (tertiary/aromatic N) is 2. The maximum Gasteiger partial charge on any atom is 0.272 e. The van der Waals surface area contributed by atoms with Gasteiger partial charge in [0, 0.05) is 5.69 Å². The van der Waals surface area contributed by atoms with Gasteiger partial charge in [-0.25, -0.2) is 8.42 Å². The summed E-state index contributed by atoms with van der Waals surface area (Å²) in [4.78, 5) is 0. The van der Waals surface area contributed by atoms with E-state index in [0.29, 0.717) is 5.82 Å². The predicted molar refractivity (Wildman–Crippen MR) is 96.4 cm³/mol. The van der Waals surface area contributed by atoms with E-state index in [9.17, 15) is 8.42 Å². The van der Waals surface area contributed by atoms with Crippen LogP contribution in [0.1, 0.15) is 11.1 Å². The van der Waals surface area contributed by atoms with E-state index in [-0.39, 0.29) is 10.0 Å². The van der Waals surface area contributed by atoms with Crippen LogP contribution < -0.4 is 10.0 Å². The van der Waals surface area contributed by atoms with Crippen LogP contribution in [0.3, 0.4) is 0 Å². The standard InChI is InChI=1S/C16H16N4O2S2/c1-11-5-6-13(12(2)10-11)17-14-7-8-15(19-18-14)20-24(21,22)16-4-3-9-23-16/h3-10H,1-2H3,(H,17,18)(H,19,20). The first-order valence-corrected chi connectivity index (χ1v) is 9.55. The lowest BCUT2D eigenvalue weighted by atomic mass is 10.1. The van der Waals surface area contributed by atoms with Crippen LogP contribution in [0.5, 0.6) is 0 Å². The van der Waals surface area contributed by atoms with E-state index in [2.05, 4.69) is 26.3 Å². The van der Waals surface area contributed by atoms with E-state index in [1.807, 2.05) is 26.0 Å². The van der Waals surface area contributed by atoms with Crippen LogP contribution in [0.4, 0.5) is 17.3 Å². The second kappa shape index (κ2) is 6.58. The third-order valence-electron chi connectivity index (χ3n) is 3.31. The van der Waals surface area contributed by atoms with Gasteiger partial charge in [0.1, 0.15) is 4.21 Å². The molecule has 0 saturated carbocycles. The molecular weight excluding hydrogens is 344 g/mol. The van der Waals surface area contributed by atoms with Crippen LogP contribution in [0, 0.1) is 13.8 Å². The highest BCUT2D eigenvalue weighted by Gasteiger charge is 2.16. The minimum Gasteiger partial charge on any atom is -0.339 e. The SMILES string of the molecule is Cc1ccc(Nc2ccc(NS(=O)(=O)c3cccs3)nn2)c(C)c1. The van der Waals surface area contributed by atoms with Crippen LogP contribution in [-0.2, 0) is 10.0 Å². The second-order valence-corrected chi connectivity index (χ2v) is 8.14. The van der Waals surface area contributed by atoms with Gasteiger partial charge in [0.2, 0.25) is 0 Å².